The van der Waals surface area contributed by atoms with Crippen molar-refractivity contribution in [1.29, 1.82) is 0 Å². The van der Waals surface area contributed by atoms with Crippen LogP contribution in [-0.4, -0.2) is 26.1 Å². The molecule has 3 aromatic heterocycles. The average molecular weight is 382 g/mol. The second-order valence-electron chi connectivity index (χ2n) is 6.75. The van der Waals surface area contributed by atoms with Crippen molar-refractivity contribution in [2.24, 2.45) is 0 Å². The standard InChI is InChI=1S/C21H27N5S/c1-7-10-11-22-21-24-15(6)19(27-21)18-14(5)23-20-17(16(8-2)9-3)12-13(4)25-26(18)20/h12,16H,8-9,11H2,1-6H3,(H,22,24). The molecule has 0 radical (unpaired) electrons. The monoisotopic (exact) mass is 381 g/mol. The molecule has 0 aliphatic heterocycles. The highest BCUT2D eigenvalue weighted by Gasteiger charge is 2.22. The van der Waals surface area contributed by atoms with Crippen LogP contribution in [0.5, 0.6) is 0 Å². The van der Waals surface area contributed by atoms with Gasteiger partial charge < -0.3 is 5.32 Å². The van der Waals surface area contributed by atoms with Crippen LogP contribution in [0.1, 0.15) is 62.2 Å². The van der Waals surface area contributed by atoms with Crippen molar-refractivity contribution in [2.75, 3.05) is 11.9 Å². The van der Waals surface area contributed by atoms with Crippen LogP contribution >= 0.6 is 11.3 Å². The molecule has 142 valence electrons. The maximum Gasteiger partial charge on any atom is 0.184 e. The van der Waals surface area contributed by atoms with Crippen molar-refractivity contribution < 1.29 is 0 Å². The smallest absolute Gasteiger partial charge is 0.184 e. The Labute approximate surface area is 165 Å². The van der Waals surface area contributed by atoms with Crippen LogP contribution in [0.4, 0.5) is 5.13 Å². The summed E-state index contributed by atoms with van der Waals surface area (Å²) in [7, 11) is 0. The highest BCUT2D eigenvalue weighted by atomic mass is 32.1. The number of hydrogen-bond acceptors (Lipinski definition) is 5. The molecule has 6 heteroatoms. The first-order valence-corrected chi connectivity index (χ1v) is 10.3. The largest absolute Gasteiger partial charge is 0.351 e. The normalized spacial score (nSPS) is 11.1. The van der Waals surface area contributed by atoms with Crippen molar-refractivity contribution in [3.63, 3.8) is 0 Å². The van der Waals surface area contributed by atoms with Gasteiger partial charge in [-0.1, -0.05) is 31.1 Å². The summed E-state index contributed by atoms with van der Waals surface area (Å²) in [5, 5.41) is 8.96. The van der Waals surface area contributed by atoms with Crippen molar-refractivity contribution in [1.82, 2.24) is 19.6 Å². The Balaban J connectivity index is 2.15. The van der Waals surface area contributed by atoms with Crippen molar-refractivity contribution in [3.8, 4) is 22.4 Å². The van der Waals surface area contributed by atoms with Gasteiger partial charge in [0.15, 0.2) is 10.8 Å². The summed E-state index contributed by atoms with van der Waals surface area (Å²) < 4.78 is 2.02. The van der Waals surface area contributed by atoms with E-state index in [1.807, 2.05) is 18.4 Å². The lowest BCUT2D eigenvalue weighted by molar-refractivity contribution is 0.638. The molecule has 27 heavy (non-hydrogen) atoms. The number of nitrogens with one attached hydrogen (secondary N) is 1. The SMILES string of the molecule is CC#CCNc1nc(C)c(-c2c(C)nc3c(C(CC)CC)cc(C)nn23)s1. The van der Waals surface area contributed by atoms with Crippen LogP contribution in [0.3, 0.4) is 0 Å². The third-order valence-electron chi connectivity index (χ3n) is 4.85. The van der Waals surface area contributed by atoms with Gasteiger partial charge in [-0.2, -0.15) is 5.10 Å². The number of rotatable bonds is 6. The van der Waals surface area contributed by atoms with Crippen LogP contribution in [0, 0.1) is 32.6 Å². The summed E-state index contributed by atoms with van der Waals surface area (Å²) in [5.41, 5.74) is 6.31. The van der Waals surface area contributed by atoms with Crippen LogP contribution in [0.2, 0.25) is 0 Å². The van der Waals surface area contributed by atoms with Gasteiger partial charge >= 0.3 is 0 Å². The number of aryl methyl sites for hydroxylation is 3. The topological polar surface area (TPSA) is 55.1 Å². The summed E-state index contributed by atoms with van der Waals surface area (Å²) in [5.74, 6) is 6.41. The van der Waals surface area contributed by atoms with Gasteiger partial charge in [-0.05, 0) is 52.5 Å². The van der Waals surface area contributed by atoms with E-state index in [9.17, 15) is 0 Å². The van der Waals surface area contributed by atoms with E-state index >= 15 is 0 Å². The highest BCUT2D eigenvalue weighted by molar-refractivity contribution is 7.19. The van der Waals surface area contributed by atoms with E-state index in [0.29, 0.717) is 12.5 Å². The second kappa shape index (κ2) is 8.10. The molecule has 0 atom stereocenters. The average Bonchev–Trinajstić information content (AvgIpc) is 3.15. The number of fused-ring (bicyclic) bond motifs is 1. The van der Waals surface area contributed by atoms with Crippen LogP contribution in [-0.2, 0) is 0 Å². The van der Waals surface area contributed by atoms with Gasteiger partial charge in [0.05, 0.1) is 28.5 Å². The predicted octanol–water partition coefficient (Wildman–Crippen LogP) is 5.12. The van der Waals surface area contributed by atoms with Gasteiger partial charge in [0.1, 0.15) is 5.69 Å². The van der Waals surface area contributed by atoms with E-state index in [-0.39, 0.29) is 0 Å². The van der Waals surface area contributed by atoms with E-state index in [2.05, 4.69) is 55.9 Å². The van der Waals surface area contributed by atoms with Gasteiger partial charge in [0.2, 0.25) is 0 Å². The molecule has 0 unspecified atom stereocenters. The van der Waals surface area contributed by atoms with Gasteiger partial charge in [0, 0.05) is 5.56 Å². The van der Waals surface area contributed by atoms with E-state index in [1.54, 1.807) is 11.3 Å². The Morgan fingerprint density at radius 2 is 1.89 bits per heavy atom. The fraction of sp³-hybridized carbons (Fsp3) is 0.476. The number of nitrogens with zero attached hydrogens (tertiary/aromatic N) is 4. The highest BCUT2D eigenvalue weighted by Crippen LogP contribution is 2.36. The molecule has 1 N–H and O–H groups in total. The lowest BCUT2D eigenvalue weighted by Crippen LogP contribution is -2.05. The molecule has 0 aliphatic rings. The molecule has 0 fully saturated rings. The molecule has 5 nitrogen and oxygen atoms in total. The van der Waals surface area contributed by atoms with Crippen molar-refractivity contribution in [3.05, 3.63) is 28.7 Å². The van der Waals surface area contributed by atoms with E-state index in [0.717, 1.165) is 51.3 Å². The summed E-state index contributed by atoms with van der Waals surface area (Å²) >= 11 is 1.64. The summed E-state index contributed by atoms with van der Waals surface area (Å²) in [6, 6.07) is 2.19. The van der Waals surface area contributed by atoms with Crippen molar-refractivity contribution in [2.45, 2.75) is 60.3 Å². The third-order valence-corrected chi connectivity index (χ3v) is 5.97. The Kier molecular flexibility index (Phi) is 5.81. The lowest BCUT2D eigenvalue weighted by Gasteiger charge is -2.14. The first-order chi connectivity index (χ1) is 13.0. The molecule has 0 aliphatic carbocycles. The molecule has 3 heterocycles. The second-order valence-corrected chi connectivity index (χ2v) is 7.75. The Morgan fingerprint density at radius 1 is 1.15 bits per heavy atom. The Hall–Kier alpha value is -2.39. The number of hydrogen-bond donors (Lipinski definition) is 1. The van der Waals surface area contributed by atoms with Gasteiger partial charge in [-0.15, -0.1) is 5.92 Å². The maximum absolute atomic E-state index is 4.91. The molecule has 0 amide bonds. The first kappa shape index (κ1) is 19.4. The maximum atomic E-state index is 4.91. The molecular formula is C21H27N5S. The molecule has 0 saturated carbocycles. The van der Waals surface area contributed by atoms with E-state index in [1.165, 1.54) is 5.56 Å². The van der Waals surface area contributed by atoms with Crippen LogP contribution in [0.25, 0.3) is 16.2 Å². The zero-order chi connectivity index (χ0) is 19.6. The van der Waals surface area contributed by atoms with Crippen LogP contribution in [0.15, 0.2) is 6.07 Å². The minimum absolute atomic E-state index is 0.497. The van der Waals surface area contributed by atoms with Gasteiger partial charge in [-0.3, -0.25) is 0 Å². The van der Waals surface area contributed by atoms with Gasteiger partial charge in [-0.25, -0.2) is 14.5 Å². The minimum atomic E-state index is 0.497. The van der Waals surface area contributed by atoms with Gasteiger partial charge in [0.25, 0.3) is 0 Å². The number of aromatic nitrogens is 4. The number of imidazole rings is 1. The molecule has 0 spiro atoms. The number of thiazole rings is 1. The van der Waals surface area contributed by atoms with Crippen LogP contribution < -0.4 is 5.32 Å². The zero-order valence-electron chi connectivity index (χ0n) is 17.0. The minimum Gasteiger partial charge on any atom is -0.351 e. The summed E-state index contributed by atoms with van der Waals surface area (Å²) in [6.45, 7) is 13.1. The molecule has 0 aromatic carbocycles. The fourth-order valence-electron chi connectivity index (χ4n) is 3.47. The quantitative estimate of drug-likeness (QED) is 0.602. The Bertz CT molecular complexity index is 1010. The molecule has 0 saturated heterocycles. The van der Waals surface area contributed by atoms with Crippen molar-refractivity contribution >= 4 is 22.1 Å². The fourth-order valence-corrected chi connectivity index (χ4v) is 4.51. The lowest BCUT2D eigenvalue weighted by atomic mass is 9.95. The zero-order valence-corrected chi connectivity index (χ0v) is 17.8. The summed E-state index contributed by atoms with van der Waals surface area (Å²) in [4.78, 5) is 10.7. The molecule has 3 rings (SSSR count). The summed E-state index contributed by atoms with van der Waals surface area (Å²) in [6.07, 6.45) is 2.20. The Morgan fingerprint density at radius 3 is 2.56 bits per heavy atom. The third kappa shape index (κ3) is 3.70. The predicted molar refractivity (Wildman–Crippen MR) is 114 cm³/mol. The van der Waals surface area contributed by atoms with E-state index in [4.69, 9.17) is 10.1 Å². The molecule has 3 aromatic rings. The molecular weight excluding hydrogens is 354 g/mol. The number of anilines is 1. The first-order valence-electron chi connectivity index (χ1n) is 9.48. The molecule has 0 bridgehead atoms. The van der Waals surface area contributed by atoms with E-state index < -0.39 is 0 Å².